The molecule has 1 aromatic rings. The van der Waals surface area contributed by atoms with Gasteiger partial charge in [0.25, 0.3) is 0 Å². The molecule has 3 heteroatoms. The van der Waals surface area contributed by atoms with Crippen molar-refractivity contribution in [2.24, 2.45) is 0 Å². The van der Waals surface area contributed by atoms with E-state index in [0.29, 0.717) is 12.4 Å². The Morgan fingerprint density at radius 3 is 2.93 bits per heavy atom. The predicted octanol–water partition coefficient (Wildman–Crippen LogP) is 2.45. The molecule has 0 aliphatic carbocycles. The van der Waals surface area contributed by atoms with Crippen LogP contribution in [-0.2, 0) is 9.53 Å². The quantitative estimate of drug-likeness (QED) is 0.328. The summed E-state index contributed by atoms with van der Waals surface area (Å²) in [5, 5.41) is 0. The van der Waals surface area contributed by atoms with Gasteiger partial charge in [-0.25, -0.2) is 4.79 Å². The third-order valence-electron chi connectivity index (χ3n) is 1.67. The van der Waals surface area contributed by atoms with Crippen LogP contribution in [0.5, 0.6) is 5.75 Å². The molecule has 0 aliphatic rings. The van der Waals surface area contributed by atoms with Gasteiger partial charge in [-0.05, 0) is 31.5 Å². The van der Waals surface area contributed by atoms with Gasteiger partial charge in [-0.2, -0.15) is 0 Å². The summed E-state index contributed by atoms with van der Waals surface area (Å²) in [6.07, 6.45) is 2.59. The maximum atomic E-state index is 11.2. The van der Waals surface area contributed by atoms with Crippen molar-refractivity contribution in [1.29, 1.82) is 0 Å². The first-order chi connectivity index (χ1) is 7.22. The average molecular weight is 206 g/mol. The van der Waals surface area contributed by atoms with E-state index in [0.717, 1.165) is 5.56 Å². The molecule has 0 N–H and O–H groups in total. The first kappa shape index (κ1) is 11.3. The minimum absolute atomic E-state index is 0.436. The van der Waals surface area contributed by atoms with Crippen LogP contribution in [0.3, 0.4) is 0 Å². The number of ether oxygens (including phenoxy) is 2. The van der Waals surface area contributed by atoms with E-state index < -0.39 is 5.97 Å². The molecule has 1 aromatic carbocycles. The van der Waals surface area contributed by atoms with Crippen LogP contribution in [0.1, 0.15) is 12.5 Å². The number of esters is 1. The molecule has 0 saturated heterocycles. The zero-order valence-electron chi connectivity index (χ0n) is 8.90. The average Bonchev–Trinajstić information content (AvgIpc) is 2.18. The highest BCUT2D eigenvalue weighted by Gasteiger charge is 1.99. The number of rotatable bonds is 4. The van der Waals surface area contributed by atoms with Crippen molar-refractivity contribution in [1.82, 2.24) is 0 Å². The maximum absolute atomic E-state index is 11.2. The normalized spacial score (nSPS) is 10.3. The molecular formula is C12H14O3. The lowest BCUT2D eigenvalue weighted by atomic mass is 10.2. The van der Waals surface area contributed by atoms with Crippen molar-refractivity contribution in [2.45, 2.75) is 13.8 Å². The van der Waals surface area contributed by atoms with Gasteiger partial charge < -0.3 is 9.47 Å². The highest BCUT2D eigenvalue weighted by atomic mass is 16.5. The molecule has 15 heavy (non-hydrogen) atoms. The van der Waals surface area contributed by atoms with E-state index in [-0.39, 0.29) is 0 Å². The Hall–Kier alpha value is -1.77. The van der Waals surface area contributed by atoms with Gasteiger partial charge in [0.15, 0.2) is 0 Å². The zero-order chi connectivity index (χ0) is 11.1. The van der Waals surface area contributed by atoms with E-state index in [1.165, 1.54) is 12.3 Å². The lowest BCUT2D eigenvalue weighted by Gasteiger charge is -2.01. The molecule has 0 aliphatic heterocycles. The minimum atomic E-state index is -0.436. The molecule has 0 amide bonds. The SMILES string of the molecule is CCO/C=C/C(=O)Oc1cccc(C)c1. The smallest absolute Gasteiger partial charge is 0.339 e. The standard InChI is InChI=1S/C12H14O3/c1-3-14-8-7-12(13)15-11-6-4-5-10(2)9-11/h4-9H,3H2,1-2H3/b8-7+. The summed E-state index contributed by atoms with van der Waals surface area (Å²) >= 11 is 0. The molecule has 0 spiro atoms. The first-order valence-electron chi connectivity index (χ1n) is 4.79. The minimum Gasteiger partial charge on any atom is -0.501 e. The number of carbonyl (C=O) groups excluding carboxylic acids is 1. The van der Waals surface area contributed by atoms with Gasteiger partial charge in [0.1, 0.15) is 5.75 Å². The van der Waals surface area contributed by atoms with Gasteiger partial charge in [-0.3, -0.25) is 0 Å². The Kier molecular flexibility index (Phi) is 4.41. The van der Waals surface area contributed by atoms with Crippen molar-refractivity contribution >= 4 is 5.97 Å². The van der Waals surface area contributed by atoms with E-state index in [1.807, 2.05) is 26.0 Å². The van der Waals surface area contributed by atoms with Crippen LogP contribution in [0.15, 0.2) is 36.6 Å². The maximum Gasteiger partial charge on any atom is 0.339 e. The number of carbonyl (C=O) groups is 1. The number of benzene rings is 1. The number of hydrogen-bond donors (Lipinski definition) is 0. The molecular weight excluding hydrogens is 192 g/mol. The second-order valence-corrected chi connectivity index (χ2v) is 3.00. The van der Waals surface area contributed by atoms with Crippen molar-refractivity contribution in [3.63, 3.8) is 0 Å². The van der Waals surface area contributed by atoms with Gasteiger partial charge >= 0.3 is 5.97 Å². The monoisotopic (exact) mass is 206 g/mol. The van der Waals surface area contributed by atoms with Crippen LogP contribution in [0.4, 0.5) is 0 Å². The summed E-state index contributed by atoms with van der Waals surface area (Å²) in [7, 11) is 0. The van der Waals surface area contributed by atoms with E-state index in [4.69, 9.17) is 9.47 Å². The Morgan fingerprint density at radius 1 is 1.47 bits per heavy atom. The first-order valence-corrected chi connectivity index (χ1v) is 4.79. The van der Waals surface area contributed by atoms with Crippen LogP contribution in [0.2, 0.25) is 0 Å². The molecule has 0 atom stereocenters. The van der Waals surface area contributed by atoms with Crippen LogP contribution >= 0.6 is 0 Å². The third kappa shape index (κ3) is 4.31. The molecule has 3 nitrogen and oxygen atoms in total. The van der Waals surface area contributed by atoms with Crippen LogP contribution < -0.4 is 4.74 Å². The van der Waals surface area contributed by atoms with E-state index in [9.17, 15) is 4.79 Å². The van der Waals surface area contributed by atoms with E-state index in [1.54, 1.807) is 12.1 Å². The van der Waals surface area contributed by atoms with Crippen molar-refractivity contribution < 1.29 is 14.3 Å². The van der Waals surface area contributed by atoms with Crippen molar-refractivity contribution in [3.05, 3.63) is 42.2 Å². The summed E-state index contributed by atoms with van der Waals surface area (Å²) in [5.74, 6) is 0.107. The largest absolute Gasteiger partial charge is 0.501 e. The molecule has 0 aromatic heterocycles. The molecule has 0 radical (unpaired) electrons. The fraction of sp³-hybridized carbons (Fsp3) is 0.250. The van der Waals surface area contributed by atoms with Gasteiger partial charge in [0.2, 0.25) is 0 Å². The highest BCUT2D eigenvalue weighted by Crippen LogP contribution is 2.12. The van der Waals surface area contributed by atoms with Gasteiger partial charge in [0.05, 0.1) is 18.9 Å². The second kappa shape index (κ2) is 5.86. The number of aryl methyl sites for hydroxylation is 1. The third-order valence-corrected chi connectivity index (χ3v) is 1.67. The van der Waals surface area contributed by atoms with Crippen LogP contribution in [0, 0.1) is 6.92 Å². The highest BCUT2D eigenvalue weighted by molar-refractivity contribution is 5.83. The van der Waals surface area contributed by atoms with Gasteiger partial charge in [-0.15, -0.1) is 0 Å². The molecule has 0 saturated carbocycles. The molecule has 0 unspecified atom stereocenters. The Morgan fingerprint density at radius 2 is 2.27 bits per heavy atom. The Labute approximate surface area is 89.3 Å². The van der Waals surface area contributed by atoms with Crippen LogP contribution in [-0.4, -0.2) is 12.6 Å². The zero-order valence-corrected chi connectivity index (χ0v) is 8.90. The Bertz CT molecular complexity index is 356. The summed E-state index contributed by atoms with van der Waals surface area (Å²) < 4.78 is 9.92. The predicted molar refractivity (Wildman–Crippen MR) is 57.6 cm³/mol. The van der Waals surface area contributed by atoms with Crippen molar-refractivity contribution in [2.75, 3.05) is 6.61 Å². The van der Waals surface area contributed by atoms with Crippen LogP contribution in [0.25, 0.3) is 0 Å². The molecule has 0 fully saturated rings. The van der Waals surface area contributed by atoms with Gasteiger partial charge in [0, 0.05) is 0 Å². The molecule has 0 heterocycles. The fourth-order valence-corrected chi connectivity index (χ4v) is 1.03. The lowest BCUT2D eigenvalue weighted by molar-refractivity contribution is -0.129. The topological polar surface area (TPSA) is 35.5 Å². The Balaban J connectivity index is 2.51. The molecule has 1 rings (SSSR count). The summed E-state index contributed by atoms with van der Waals surface area (Å²) in [6.45, 7) is 4.32. The lowest BCUT2D eigenvalue weighted by Crippen LogP contribution is -2.03. The summed E-state index contributed by atoms with van der Waals surface area (Å²) in [4.78, 5) is 11.2. The summed E-state index contributed by atoms with van der Waals surface area (Å²) in [5.41, 5.74) is 1.05. The molecule has 0 bridgehead atoms. The number of hydrogen-bond acceptors (Lipinski definition) is 3. The van der Waals surface area contributed by atoms with Crippen molar-refractivity contribution in [3.8, 4) is 5.75 Å². The molecule has 80 valence electrons. The second-order valence-electron chi connectivity index (χ2n) is 3.00. The van der Waals surface area contributed by atoms with Gasteiger partial charge in [-0.1, -0.05) is 12.1 Å². The van der Waals surface area contributed by atoms with E-state index >= 15 is 0 Å². The van der Waals surface area contributed by atoms with E-state index in [2.05, 4.69) is 0 Å². The summed E-state index contributed by atoms with van der Waals surface area (Å²) in [6, 6.07) is 7.31. The fourth-order valence-electron chi connectivity index (χ4n) is 1.03.